The summed E-state index contributed by atoms with van der Waals surface area (Å²) in [5.41, 5.74) is 1.15. The molecule has 0 atom stereocenters. The van der Waals surface area contributed by atoms with Crippen molar-refractivity contribution in [1.29, 1.82) is 0 Å². The van der Waals surface area contributed by atoms with E-state index in [1.54, 1.807) is 24.3 Å². The zero-order valence-corrected chi connectivity index (χ0v) is 12.0. The monoisotopic (exact) mass is 287 g/mol. The lowest BCUT2D eigenvalue weighted by atomic mass is 10.1. The lowest BCUT2D eigenvalue weighted by molar-refractivity contribution is 0.585. The van der Waals surface area contributed by atoms with Gasteiger partial charge in [0.05, 0.1) is 4.90 Å². The molecular formula is C13H18ClNO2S. The summed E-state index contributed by atoms with van der Waals surface area (Å²) >= 11 is 5.45. The van der Waals surface area contributed by atoms with Crippen LogP contribution in [0, 0.1) is 0 Å². The number of rotatable bonds is 7. The second-order valence-corrected chi connectivity index (χ2v) is 5.95. The van der Waals surface area contributed by atoms with Crippen molar-refractivity contribution in [1.82, 2.24) is 4.72 Å². The van der Waals surface area contributed by atoms with Gasteiger partial charge in [-0.05, 0) is 24.1 Å². The topological polar surface area (TPSA) is 46.2 Å². The summed E-state index contributed by atoms with van der Waals surface area (Å²) < 4.78 is 26.3. The van der Waals surface area contributed by atoms with Gasteiger partial charge in [-0.2, -0.15) is 0 Å². The van der Waals surface area contributed by atoms with Crippen molar-refractivity contribution in [2.24, 2.45) is 0 Å². The van der Waals surface area contributed by atoms with Gasteiger partial charge < -0.3 is 0 Å². The Morgan fingerprint density at radius 1 is 1.22 bits per heavy atom. The van der Waals surface area contributed by atoms with Crippen molar-refractivity contribution in [2.45, 2.75) is 24.7 Å². The van der Waals surface area contributed by atoms with Crippen LogP contribution in [0.2, 0.25) is 0 Å². The maximum atomic E-state index is 11.9. The molecule has 0 radical (unpaired) electrons. The van der Waals surface area contributed by atoms with Crippen molar-refractivity contribution in [2.75, 3.05) is 12.4 Å². The minimum atomic E-state index is -3.42. The first-order chi connectivity index (χ1) is 8.60. The molecule has 5 heteroatoms. The lowest BCUT2D eigenvalue weighted by Crippen LogP contribution is -2.23. The van der Waals surface area contributed by atoms with Crippen LogP contribution in [-0.4, -0.2) is 20.8 Å². The SMILES string of the molecule is CCCc1ccc(S(=O)(=O)NC/C=C/CCl)cc1. The van der Waals surface area contributed by atoms with Gasteiger partial charge in [0.25, 0.3) is 0 Å². The highest BCUT2D eigenvalue weighted by atomic mass is 35.5. The van der Waals surface area contributed by atoms with Crippen LogP contribution in [0.1, 0.15) is 18.9 Å². The van der Waals surface area contributed by atoms with E-state index in [0.717, 1.165) is 18.4 Å². The van der Waals surface area contributed by atoms with Gasteiger partial charge >= 0.3 is 0 Å². The molecule has 0 spiro atoms. The molecule has 0 heterocycles. The van der Waals surface area contributed by atoms with Crippen LogP contribution in [0.15, 0.2) is 41.3 Å². The molecule has 0 amide bonds. The Morgan fingerprint density at radius 3 is 2.44 bits per heavy atom. The molecule has 0 aliphatic rings. The summed E-state index contributed by atoms with van der Waals surface area (Å²) in [6, 6.07) is 6.98. The highest BCUT2D eigenvalue weighted by Crippen LogP contribution is 2.11. The Balaban J connectivity index is 2.69. The van der Waals surface area contributed by atoms with Gasteiger partial charge in [0.2, 0.25) is 10.0 Å². The Bertz CT molecular complexity index is 480. The average molecular weight is 288 g/mol. The Morgan fingerprint density at radius 2 is 1.89 bits per heavy atom. The number of alkyl halides is 1. The summed E-state index contributed by atoms with van der Waals surface area (Å²) in [7, 11) is -3.42. The van der Waals surface area contributed by atoms with Crippen molar-refractivity contribution in [3.8, 4) is 0 Å². The summed E-state index contributed by atoms with van der Waals surface area (Å²) in [6.45, 7) is 2.35. The highest BCUT2D eigenvalue weighted by molar-refractivity contribution is 7.89. The molecule has 1 rings (SSSR count). The fourth-order valence-corrected chi connectivity index (χ4v) is 2.61. The number of hydrogen-bond donors (Lipinski definition) is 1. The average Bonchev–Trinajstić information content (AvgIpc) is 2.36. The van der Waals surface area contributed by atoms with Crippen LogP contribution in [0.4, 0.5) is 0 Å². The highest BCUT2D eigenvalue weighted by Gasteiger charge is 2.11. The van der Waals surface area contributed by atoms with E-state index in [1.807, 2.05) is 12.1 Å². The first-order valence-electron chi connectivity index (χ1n) is 5.89. The van der Waals surface area contributed by atoms with Crippen LogP contribution in [-0.2, 0) is 16.4 Å². The largest absolute Gasteiger partial charge is 0.240 e. The molecule has 0 aliphatic carbocycles. The predicted octanol–water partition coefficient (Wildman–Crippen LogP) is 2.71. The summed E-state index contributed by atoms with van der Waals surface area (Å²) in [5, 5.41) is 0. The second-order valence-electron chi connectivity index (χ2n) is 3.87. The number of aryl methyl sites for hydroxylation is 1. The summed E-state index contributed by atoms with van der Waals surface area (Å²) in [6.07, 6.45) is 5.41. The van der Waals surface area contributed by atoms with Gasteiger partial charge in [0, 0.05) is 12.4 Å². The number of allylic oxidation sites excluding steroid dienone is 1. The van der Waals surface area contributed by atoms with E-state index in [-0.39, 0.29) is 6.54 Å². The van der Waals surface area contributed by atoms with E-state index in [0.29, 0.717) is 10.8 Å². The van der Waals surface area contributed by atoms with Gasteiger partial charge in [-0.1, -0.05) is 37.6 Å². The normalized spacial score (nSPS) is 12.1. The molecule has 1 aromatic rings. The van der Waals surface area contributed by atoms with Crippen molar-refractivity contribution in [3.05, 3.63) is 42.0 Å². The first kappa shape index (κ1) is 15.2. The van der Waals surface area contributed by atoms with Crippen LogP contribution in [0.3, 0.4) is 0 Å². The third-order valence-corrected chi connectivity index (χ3v) is 4.04. The second kappa shape index (κ2) is 7.56. The minimum Gasteiger partial charge on any atom is -0.207 e. The molecule has 1 N–H and O–H groups in total. The van der Waals surface area contributed by atoms with Crippen LogP contribution < -0.4 is 4.72 Å². The van der Waals surface area contributed by atoms with Gasteiger partial charge in [0.15, 0.2) is 0 Å². The fourth-order valence-electron chi connectivity index (χ4n) is 1.51. The smallest absolute Gasteiger partial charge is 0.207 e. The molecule has 100 valence electrons. The number of nitrogens with one attached hydrogen (secondary N) is 1. The standard InChI is InChI=1S/C13H18ClNO2S/c1-2-5-12-6-8-13(9-7-12)18(16,17)15-11-4-3-10-14/h3-4,6-9,15H,2,5,10-11H2,1H3/b4-3+. The maximum Gasteiger partial charge on any atom is 0.240 e. The molecule has 1 aromatic carbocycles. The molecule has 18 heavy (non-hydrogen) atoms. The zero-order chi connectivity index (χ0) is 13.4. The minimum absolute atomic E-state index is 0.256. The molecule has 0 fully saturated rings. The van der Waals surface area contributed by atoms with Gasteiger partial charge in [-0.3, -0.25) is 0 Å². The van der Waals surface area contributed by atoms with Crippen LogP contribution in [0.25, 0.3) is 0 Å². The zero-order valence-electron chi connectivity index (χ0n) is 10.4. The third kappa shape index (κ3) is 4.80. The lowest BCUT2D eigenvalue weighted by Gasteiger charge is -2.05. The van der Waals surface area contributed by atoms with E-state index >= 15 is 0 Å². The fraction of sp³-hybridized carbons (Fsp3) is 0.385. The molecule has 0 saturated carbocycles. The van der Waals surface area contributed by atoms with E-state index in [4.69, 9.17) is 11.6 Å². The molecule has 0 aliphatic heterocycles. The van der Waals surface area contributed by atoms with Gasteiger partial charge in [-0.15, -0.1) is 11.6 Å². The molecule has 3 nitrogen and oxygen atoms in total. The Hall–Kier alpha value is -0.840. The van der Waals surface area contributed by atoms with Crippen molar-refractivity contribution >= 4 is 21.6 Å². The summed E-state index contributed by atoms with van der Waals surface area (Å²) in [4.78, 5) is 0.293. The van der Waals surface area contributed by atoms with Crippen molar-refractivity contribution < 1.29 is 8.42 Å². The number of sulfonamides is 1. The van der Waals surface area contributed by atoms with E-state index in [9.17, 15) is 8.42 Å². The van der Waals surface area contributed by atoms with Gasteiger partial charge in [-0.25, -0.2) is 13.1 Å². The third-order valence-electron chi connectivity index (χ3n) is 2.42. The van der Waals surface area contributed by atoms with Crippen LogP contribution >= 0.6 is 11.6 Å². The Kier molecular flexibility index (Phi) is 6.39. The van der Waals surface area contributed by atoms with E-state index < -0.39 is 10.0 Å². The van der Waals surface area contributed by atoms with Crippen LogP contribution in [0.5, 0.6) is 0 Å². The maximum absolute atomic E-state index is 11.9. The Labute approximate surface area is 114 Å². The summed E-state index contributed by atoms with van der Waals surface area (Å²) in [5.74, 6) is 0.382. The number of halogens is 1. The van der Waals surface area contributed by atoms with E-state index in [1.165, 1.54) is 0 Å². The van der Waals surface area contributed by atoms with E-state index in [2.05, 4.69) is 11.6 Å². The number of benzene rings is 1. The van der Waals surface area contributed by atoms with Crippen molar-refractivity contribution in [3.63, 3.8) is 0 Å². The molecule has 0 unspecified atom stereocenters. The molecule has 0 aromatic heterocycles. The predicted molar refractivity (Wildman–Crippen MR) is 75.5 cm³/mol. The quantitative estimate of drug-likeness (QED) is 0.619. The molecule has 0 saturated heterocycles. The molecular weight excluding hydrogens is 270 g/mol. The molecule has 0 bridgehead atoms. The van der Waals surface area contributed by atoms with Gasteiger partial charge in [0.1, 0.15) is 0 Å². The number of hydrogen-bond acceptors (Lipinski definition) is 2. The first-order valence-corrected chi connectivity index (χ1v) is 7.91.